The van der Waals surface area contributed by atoms with Crippen LogP contribution in [-0.2, 0) is 11.3 Å². The molecule has 0 spiro atoms. The lowest BCUT2D eigenvalue weighted by atomic mass is 10.1. The summed E-state index contributed by atoms with van der Waals surface area (Å²) in [5, 5.41) is 5.68. The number of thiophene rings is 1. The van der Waals surface area contributed by atoms with Crippen LogP contribution in [0.4, 0.5) is 10.1 Å². The Kier molecular flexibility index (Phi) is 5.91. The number of carbonyl (C=O) groups excluding carboxylic acids is 2. The maximum absolute atomic E-state index is 14.3. The first kappa shape index (κ1) is 19.8. The van der Waals surface area contributed by atoms with Crippen molar-refractivity contribution in [3.8, 4) is 5.75 Å². The van der Waals surface area contributed by atoms with Crippen LogP contribution in [-0.4, -0.2) is 33.1 Å². The van der Waals surface area contributed by atoms with E-state index >= 15 is 0 Å². The van der Waals surface area contributed by atoms with Crippen LogP contribution in [0, 0.1) is 5.82 Å². The number of methoxy groups -OCH3 is 2. The van der Waals surface area contributed by atoms with E-state index in [1.165, 1.54) is 44.7 Å². The first-order valence-corrected chi connectivity index (χ1v) is 9.22. The number of rotatable bonds is 6. The van der Waals surface area contributed by atoms with E-state index in [0.29, 0.717) is 37.5 Å². The Labute approximate surface area is 165 Å². The highest BCUT2D eigenvalue weighted by atomic mass is 32.1. The number of nitrogens with one attached hydrogen (secondary N) is 2. The molecule has 0 unspecified atom stereocenters. The van der Waals surface area contributed by atoms with Crippen molar-refractivity contribution in [2.45, 2.75) is 6.61 Å². The van der Waals surface area contributed by atoms with Crippen molar-refractivity contribution in [1.29, 1.82) is 0 Å². The largest absolute Gasteiger partial charge is 0.495 e. The SMILES string of the molecule is CNC(=O)c1ccc(OC)c(NC(=O)c2sc3cccc(F)c3c2COC)c1. The monoisotopic (exact) mass is 402 g/mol. The molecule has 2 amide bonds. The fourth-order valence-corrected chi connectivity index (χ4v) is 4.02. The summed E-state index contributed by atoms with van der Waals surface area (Å²) in [6.45, 7) is 0.0963. The van der Waals surface area contributed by atoms with Gasteiger partial charge in [0, 0.05) is 35.4 Å². The van der Waals surface area contributed by atoms with Gasteiger partial charge in [-0.1, -0.05) is 6.07 Å². The second-order valence-electron chi connectivity index (χ2n) is 5.90. The second-order valence-corrected chi connectivity index (χ2v) is 6.96. The zero-order valence-corrected chi connectivity index (χ0v) is 16.4. The van der Waals surface area contributed by atoms with Crippen molar-refractivity contribution < 1.29 is 23.5 Å². The fourth-order valence-electron chi connectivity index (χ4n) is 2.90. The third-order valence-electron chi connectivity index (χ3n) is 4.20. The van der Waals surface area contributed by atoms with Gasteiger partial charge in [-0.3, -0.25) is 9.59 Å². The van der Waals surface area contributed by atoms with E-state index in [4.69, 9.17) is 9.47 Å². The molecular formula is C20H19FN2O4S. The summed E-state index contributed by atoms with van der Waals surface area (Å²) < 4.78 is 25.4. The maximum atomic E-state index is 14.3. The van der Waals surface area contributed by atoms with Gasteiger partial charge in [-0.05, 0) is 30.3 Å². The number of fused-ring (bicyclic) bond motifs is 1. The van der Waals surface area contributed by atoms with E-state index in [1.807, 2.05) is 0 Å². The third-order valence-corrected chi connectivity index (χ3v) is 5.39. The smallest absolute Gasteiger partial charge is 0.266 e. The Morgan fingerprint density at radius 1 is 1.14 bits per heavy atom. The Bertz CT molecular complexity index is 1050. The Morgan fingerprint density at radius 3 is 2.61 bits per heavy atom. The van der Waals surface area contributed by atoms with Crippen molar-refractivity contribution in [2.75, 3.05) is 26.6 Å². The molecule has 3 rings (SSSR count). The van der Waals surface area contributed by atoms with Crippen LogP contribution in [0.2, 0.25) is 0 Å². The van der Waals surface area contributed by atoms with Crippen LogP contribution in [0.25, 0.3) is 10.1 Å². The summed E-state index contributed by atoms with van der Waals surface area (Å²) in [5.74, 6) is -0.720. The lowest BCUT2D eigenvalue weighted by Gasteiger charge is -2.12. The molecule has 0 saturated heterocycles. The van der Waals surface area contributed by atoms with Gasteiger partial charge in [0.05, 0.1) is 24.3 Å². The van der Waals surface area contributed by atoms with Crippen LogP contribution in [0.15, 0.2) is 36.4 Å². The van der Waals surface area contributed by atoms with E-state index in [1.54, 1.807) is 24.3 Å². The van der Waals surface area contributed by atoms with Crippen molar-refractivity contribution in [1.82, 2.24) is 5.32 Å². The number of hydrogen-bond acceptors (Lipinski definition) is 5. The van der Waals surface area contributed by atoms with Crippen LogP contribution in [0.1, 0.15) is 25.6 Å². The molecule has 6 nitrogen and oxygen atoms in total. The van der Waals surface area contributed by atoms with Crippen molar-refractivity contribution in [3.05, 3.63) is 58.2 Å². The lowest BCUT2D eigenvalue weighted by Crippen LogP contribution is -2.19. The highest BCUT2D eigenvalue weighted by molar-refractivity contribution is 7.21. The topological polar surface area (TPSA) is 76.7 Å². The summed E-state index contributed by atoms with van der Waals surface area (Å²) in [7, 11) is 4.48. The van der Waals surface area contributed by atoms with Crippen LogP contribution < -0.4 is 15.4 Å². The molecule has 146 valence electrons. The molecule has 8 heteroatoms. The predicted octanol–water partition coefficient (Wildman–Crippen LogP) is 3.81. The van der Waals surface area contributed by atoms with E-state index in [0.717, 1.165) is 0 Å². The van der Waals surface area contributed by atoms with E-state index in [-0.39, 0.29) is 12.5 Å². The first-order valence-electron chi connectivity index (χ1n) is 8.40. The van der Waals surface area contributed by atoms with Gasteiger partial charge in [0.15, 0.2) is 0 Å². The molecule has 0 aliphatic rings. The number of hydrogen-bond donors (Lipinski definition) is 2. The van der Waals surface area contributed by atoms with Gasteiger partial charge >= 0.3 is 0 Å². The molecular weight excluding hydrogens is 383 g/mol. The average molecular weight is 402 g/mol. The number of ether oxygens (including phenoxy) is 2. The number of anilines is 1. The van der Waals surface area contributed by atoms with Crippen molar-refractivity contribution in [3.63, 3.8) is 0 Å². The van der Waals surface area contributed by atoms with E-state index < -0.39 is 11.7 Å². The van der Waals surface area contributed by atoms with Crippen LogP contribution in [0.5, 0.6) is 5.75 Å². The summed E-state index contributed by atoms with van der Waals surface area (Å²) in [6.07, 6.45) is 0. The van der Waals surface area contributed by atoms with Crippen LogP contribution in [0.3, 0.4) is 0 Å². The first-order chi connectivity index (χ1) is 13.5. The van der Waals surface area contributed by atoms with Crippen molar-refractivity contribution in [2.24, 2.45) is 0 Å². The summed E-state index contributed by atoms with van der Waals surface area (Å²) >= 11 is 1.18. The number of carbonyl (C=O) groups is 2. The van der Waals surface area contributed by atoms with Gasteiger partial charge in [0.1, 0.15) is 11.6 Å². The Balaban J connectivity index is 2.03. The van der Waals surface area contributed by atoms with Crippen LogP contribution >= 0.6 is 11.3 Å². The van der Waals surface area contributed by atoms with E-state index in [2.05, 4.69) is 10.6 Å². The molecule has 2 N–H and O–H groups in total. The molecule has 0 aliphatic heterocycles. The van der Waals surface area contributed by atoms with E-state index in [9.17, 15) is 14.0 Å². The highest BCUT2D eigenvalue weighted by Gasteiger charge is 2.22. The standard InChI is InChI=1S/C20H19FN2O4S/c1-22-19(24)11-7-8-15(27-3)14(9-11)23-20(25)18-12(10-26-2)17-13(21)5-4-6-16(17)28-18/h4-9H,10H2,1-3H3,(H,22,24)(H,23,25). The Morgan fingerprint density at radius 2 is 1.93 bits per heavy atom. The molecule has 0 radical (unpaired) electrons. The third kappa shape index (κ3) is 3.69. The quantitative estimate of drug-likeness (QED) is 0.657. The molecule has 0 aliphatic carbocycles. The minimum atomic E-state index is -0.431. The normalized spacial score (nSPS) is 10.7. The van der Waals surface area contributed by atoms with Gasteiger partial charge in [-0.15, -0.1) is 11.3 Å². The molecule has 1 heterocycles. The molecule has 0 atom stereocenters. The molecule has 0 bridgehead atoms. The van der Waals surface area contributed by atoms with Gasteiger partial charge < -0.3 is 20.1 Å². The summed E-state index contributed by atoms with van der Waals surface area (Å²) in [5.41, 5.74) is 1.20. The molecule has 0 saturated carbocycles. The molecule has 3 aromatic rings. The minimum absolute atomic E-state index is 0.0963. The molecule has 28 heavy (non-hydrogen) atoms. The maximum Gasteiger partial charge on any atom is 0.266 e. The van der Waals surface area contributed by atoms with Gasteiger partial charge in [0.2, 0.25) is 0 Å². The average Bonchev–Trinajstić information content (AvgIpc) is 3.07. The number of amides is 2. The molecule has 1 aromatic heterocycles. The summed E-state index contributed by atoms with van der Waals surface area (Å²) in [4.78, 5) is 25.2. The lowest BCUT2D eigenvalue weighted by molar-refractivity contribution is 0.0961. The zero-order valence-electron chi connectivity index (χ0n) is 15.6. The van der Waals surface area contributed by atoms with Crippen molar-refractivity contribution >= 4 is 38.9 Å². The van der Waals surface area contributed by atoms with Gasteiger partial charge in [-0.2, -0.15) is 0 Å². The zero-order chi connectivity index (χ0) is 20.3. The summed E-state index contributed by atoms with van der Waals surface area (Å²) in [6, 6.07) is 9.43. The fraction of sp³-hybridized carbons (Fsp3) is 0.200. The Hall–Kier alpha value is -2.97. The van der Waals surface area contributed by atoms with Gasteiger partial charge in [-0.25, -0.2) is 4.39 Å². The second kappa shape index (κ2) is 8.37. The van der Waals surface area contributed by atoms with Gasteiger partial charge in [0.25, 0.3) is 11.8 Å². The number of benzene rings is 2. The molecule has 2 aromatic carbocycles. The highest BCUT2D eigenvalue weighted by Crippen LogP contribution is 2.35. The predicted molar refractivity (Wildman–Crippen MR) is 107 cm³/mol. The minimum Gasteiger partial charge on any atom is -0.495 e. The molecule has 0 fully saturated rings. The number of halogens is 1.